The molecule has 2 N–H and O–H groups in total. The van der Waals surface area contributed by atoms with Crippen molar-refractivity contribution in [2.45, 2.75) is 39.8 Å². The lowest BCUT2D eigenvalue weighted by atomic mass is 9.94. The Kier molecular flexibility index (Phi) is 11.1. The maximum atomic E-state index is 12.4. The molecule has 0 saturated carbocycles. The van der Waals surface area contributed by atoms with Gasteiger partial charge in [-0.3, -0.25) is 9.98 Å². The lowest BCUT2D eigenvalue weighted by Crippen LogP contribution is -2.15. The summed E-state index contributed by atoms with van der Waals surface area (Å²) >= 11 is 0. The molecular formula is C28H32N2O6. The van der Waals surface area contributed by atoms with Crippen molar-refractivity contribution in [2.75, 3.05) is 13.2 Å². The predicted molar refractivity (Wildman–Crippen MR) is 139 cm³/mol. The summed E-state index contributed by atoms with van der Waals surface area (Å²) < 4.78 is 10.1. The van der Waals surface area contributed by atoms with Crippen molar-refractivity contribution in [2.24, 2.45) is 9.98 Å². The Balaban J connectivity index is 2.65. The van der Waals surface area contributed by atoms with Crippen molar-refractivity contribution in [1.29, 1.82) is 0 Å². The van der Waals surface area contributed by atoms with Crippen LogP contribution in [0.4, 0.5) is 0 Å². The first-order chi connectivity index (χ1) is 17.3. The monoisotopic (exact) mass is 492 g/mol. The van der Waals surface area contributed by atoms with Crippen LogP contribution in [0.2, 0.25) is 0 Å². The standard InChI is InChI=1S/C28H32N2O6/c1-5-35-27(33)23(19(3)31)17-29-25(21-13-9-7-10-14-21)26(22-15-11-8-12-16-22)30-18-24(20(4)32)28(34)36-6-2/h7-18,25-26,31-32H,5-6H2,1-4H3/b23-19+,24-20+,29-17?,30-18?/t25-,26-/m0/s1. The van der Waals surface area contributed by atoms with E-state index in [9.17, 15) is 19.8 Å². The number of esters is 2. The van der Waals surface area contributed by atoms with Gasteiger partial charge in [0.2, 0.25) is 0 Å². The highest BCUT2D eigenvalue weighted by atomic mass is 16.5. The third kappa shape index (κ3) is 7.94. The Morgan fingerprint density at radius 3 is 1.33 bits per heavy atom. The highest BCUT2D eigenvalue weighted by Gasteiger charge is 2.25. The molecule has 36 heavy (non-hydrogen) atoms. The molecule has 8 nitrogen and oxygen atoms in total. The second kappa shape index (κ2) is 14.3. The number of carbonyl (C=O) groups excluding carboxylic acids is 2. The van der Waals surface area contributed by atoms with E-state index in [1.54, 1.807) is 13.8 Å². The lowest BCUT2D eigenvalue weighted by molar-refractivity contribution is -0.139. The summed E-state index contributed by atoms with van der Waals surface area (Å²) in [7, 11) is 0. The summed E-state index contributed by atoms with van der Waals surface area (Å²) in [6.45, 7) is 6.39. The normalized spacial score (nSPS) is 14.7. The Morgan fingerprint density at radius 2 is 1.06 bits per heavy atom. The summed E-state index contributed by atoms with van der Waals surface area (Å²) in [5.74, 6) is -1.85. The average Bonchev–Trinajstić information content (AvgIpc) is 2.86. The molecule has 0 aliphatic heterocycles. The number of nitrogens with zero attached hydrogens (tertiary/aromatic N) is 2. The SMILES string of the molecule is CCOC(=O)/C(C=N[C@@H](c1ccccc1)[C@@H](N=C/C(C(=O)OCC)=C(/C)O)c1ccccc1)=C(\C)O. The van der Waals surface area contributed by atoms with Gasteiger partial charge in [-0.15, -0.1) is 0 Å². The molecule has 0 amide bonds. The molecule has 0 bridgehead atoms. The molecule has 0 aliphatic carbocycles. The quantitative estimate of drug-likeness (QED) is 0.188. The molecule has 0 fully saturated rings. The smallest absolute Gasteiger partial charge is 0.343 e. The second-order valence-corrected chi connectivity index (χ2v) is 7.71. The van der Waals surface area contributed by atoms with Gasteiger partial charge in [-0.25, -0.2) is 9.59 Å². The molecule has 0 unspecified atom stereocenters. The molecule has 190 valence electrons. The summed E-state index contributed by atoms with van der Waals surface area (Å²) in [6.07, 6.45) is 2.55. The van der Waals surface area contributed by atoms with Gasteiger partial charge in [-0.1, -0.05) is 60.7 Å². The Morgan fingerprint density at radius 1 is 0.722 bits per heavy atom. The first-order valence-corrected chi connectivity index (χ1v) is 11.6. The van der Waals surface area contributed by atoms with Crippen LogP contribution in [0.3, 0.4) is 0 Å². The van der Waals surface area contributed by atoms with Crippen molar-refractivity contribution in [3.8, 4) is 0 Å². The van der Waals surface area contributed by atoms with Crippen molar-refractivity contribution in [3.05, 3.63) is 94.5 Å². The van der Waals surface area contributed by atoms with Crippen LogP contribution >= 0.6 is 0 Å². The van der Waals surface area contributed by atoms with Crippen LogP contribution in [-0.2, 0) is 19.1 Å². The largest absolute Gasteiger partial charge is 0.512 e. The van der Waals surface area contributed by atoms with Gasteiger partial charge in [0.25, 0.3) is 0 Å². The van der Waals surface area contributed by atoms with Gasteiger partial charge in [-0.05, 0) is 38.8 Å². The van der Waals surface area contributed by atoms with E-state index in [-0.39, 0.29) is 35.9 Å². The fourth-order valence-electron chi connectivity index (χ4n) is 3.32. The first kappa shape index (κ1) is 28.0. The van der Waals surface area contributed by atoms with Crippen LogP contribution in [-0.4, -0.2) is 47.8 Å². The van der Waals surface area contributed by atoms with Crippen molar-refractivity contribution >= 4 is 24.4 Å². The number of benzene rings is 2. The van der Waals surface area contributed by atoms with E-state index in [2.05, 4.69) is 9.98 Å². The van der Waals surface area contributed by atoms with E-state index in [0.29, 0.717) is 0 Å². The van der Waals surface area contributed by atoms with E-state index in [4.69, 9.17) is 9.47 Å². The number of aliphatic imine (C=N–C) groups is 2. The maximum absolute atomic E-state index is 12.4. The number of rotatable bonds is 11. The van der Waals surface area contributed by atoms with Crippen molar-refractivity contribution < 1.29 is 29.3 Å². The molecule has 0 aromatic heterocycles. The van der Waals surface area contributed by atoms with E-state index < -0.39 is 24.0 Å². The topological polar surface area (TPSA) is 118 Å². The van der Waals surface area contributed by atoms with Gasteiger partial charge in [-0.2, -0.15) is 0 Å². The molecule has 0 spiro atoms. The zero-order valence-electron chi connectivity index (χ0n) is 20.9. The first-order valence-electron chi connectivity index (χ1n) is 11.6. The zero-order valence-corrected chi connectivity index (χ0v) is 20.9. The van der Waals surface area contributed by atoms with Crippen LogP contribution in [0, 0.1) is 0 Å². The van der Waals surface area contributed by atoms with Gasteiger partial charge in [0.15, 0.2) is 0 Å². The maximum Gasteiger partial charge on any atom is 0.343 e. The van der Waals surface area contributed by atoms with Gasteiger partial charge < -0.3 is 19.7 Å². The molecule has 2 atom stereocenters. The molecule has 2 aromatic rings. The lowest BCUT2D eigenvalue weighted by Gasteiger charge is -2.22. The molecule has 2 aromatic carbocycles. The number of aliphatic hydroxyl groups is 2. The summed E-state index contributed by atoms with van der Waals surface area (Å²) in [5, 5.41) is 20.1. The minimum Gasteiger partial charge on any atom is -0.512 e. The van der Waals surface area contributed by atoms with Gasteiger partial charge in [0.1, 0.15) is 34.7 Å². The van der Waals surface area contributed by atoms with Crippen LogP contribution in [0.5, 0.6) is 0 Å². The predicted octanol–water partition coefficient (Wildman–Crippen LogP) is 5.40. The van der Waals surface area contributed by atoms with Gasteiger partial charge in [0.05, 0.1) is 13.2 Å². The van der Waals surface area contributed by atoms with Crippen LogP contribution in [0.1, 0.15) is 50.9 Å². The number of hydrogen-bond acceptors (Lipinski definition) is 8. The summed E-state index contributed by atoms with van der Waals surface area (Å²) in [5.41, 5.74) is 1.40. The fraction of sp³-hybridized carbons (Fsp3) is 0.286. The van der Waals surface area contributed by atoms with Crippen LogP contribution in [0.25, 0.3) is 0 Å². The molecule has 0 aliphatic rings. The number of aliphatic hydroxyl groups excluding tert-OH is 2. The Labute approximate surface area is 211 Å². The van der Waals surface area contributed by atoms with E-state index in [1.165, 1.54) is 26.3 Å². The van der Waals surface area contributed by atoms with Gasteiger partial charge in [0, 0.05) is 12.4 Å². The average molecular weight is 493 g/mol. The van der Waals surface area contributed by atoms with E-state index in [1.807, 2.05) is 60.7 Å². The fourth-order valence-corrected chi connectivity index (χ4v) is 3.32. The molecule has 8 heteroatoms. The van der Waals surface area contributed by atoms with Gasteiger partial charge >= 0.3 is 11.9 Å². The van der Waals surface area contributed by atoms with Crippen molar-refractivity contribution in [1.82, 2.24) is 0 Å². The number of carbonyl (C=O) groups is 2. The minimum absolute atomic E-state index is 0.0770. The van der Waals surface area contributed by atoms with Crippen LogP contribution in [0.15, 0.2) is 93.3 Å². The highest BCUT2D eigenvalue weighted by molar-refractivity contribution is 6.10. The molecule has 2 rings (SSSR count). The summed E-state index contributed by atoms with van der Waals surface area (Å²) in [6, 6.07) is 17.3. The van der Waals surface area contributed by atoms with E-state index >= 15 is 0 Å². The molecule has 0 heterocycles. The molecule has 0 radical (unpaired) electrons. The third-order valence-corrected chi connectivity index (χ3v) is 5.08. The minimum atomic E-state index is -0.698. The molecular weight excluding hydrogens is 460 g/mol. The number of ether oxygens (including phenoxy) is 2. The number of hydrogen-bond donors (Lipinski definition) is 2. The second-order valence-electron chi connectivity index (χ2n) is 7.71. The number of allylic oxidation sites excluding steroid dienone is 2. The summed E-state index contributed by atoms with van der Waals surface area (Å²) in [4.78, 5) is 34.0. The Bertz CT molecular complexity index is 1040. The third-order valence-electron chi connectivity index (χ3n) is 5.08. The highest BCUT2D eigenvalue weighted by Crippen LogP contribution is 2.35. The van der Waals surface area contributed by atoms with Crippen LogP contribution < -0.4 is 0 Å². The zero-order chi connectivity index (χ0) is 26.5. The Hall–Kier alpha value is -4.20. The van der Waals surface area contributed by atoms with Crippen molar-refractivity contribution in [3.63, 3.8) is 0 Å². The molecule has 0 saturated heterocycles. The van der Waals surface area contributed by atoms with E-state index in [0.717, 1.165) is 11.1 Å².